The van der Waals surface area contributed by atoms with E-state index in [1.165, 1.54) is 17.5 Å². The van der Waals surface area contributed by atoms with Crippen molar-refractivity contribution in [2.24, 2.45) is 0 Å². The number of ether oxygens (including phenoxy) is 1. The predicted molar refractivity (Wildman–Crippen MR) is 102 cm³/mol. The summed E-state index contributed by atoms with van der Waals surface area (Å²) in [5.41, 5.74) is 0.637. The normalized spacial score (nSPS) is 15.6. The number of sulfonamides is 1. The van der Waals surface area contributed by atoms with E-state index in [1.807, 2.05) is 23.1 Å². The monoisotopic (exact) mass is 411 g/mol. The smallest absolute Gasteiger partial charge is 0.273 e. The molecular formula is C17H18ClN3O5S. The summed E-state index contributed by atoms with van der Waals surface area (Å²) in [7, 11) is -2.55. The van der Waals surface area contributed by atoms with Gasteiger partial charge < -0.3 is 9.64 Å². The number of halogens is 1. The number of piperazine rings is 1. The molecule has 1 saturated heterocycles. The van der Waals surface area contributed by atoms with Gasteiger partial charge in [0, 0.05) is 32.2 Å². The van der Waals surface area contributed by atoms with Crippen LogP contribution in [0.25, 0.3) is 0 Å². The van der Waals surface area contributed by atoms with E-state index >= 15 is 0 Å². The van der Waals surface area contributed by atoms with Crippen LogP contribution in [0.1, 0.15) is 0 Å². The molecule has 0 radical (unpaired) electrons. The lowest BCUT2D eigenvalue weighted by Gasteiger charge is -2.35. The zero-order valence-corrected chi connectivity index (χ0v) is 16.1. The molecule has 1 aliphatic heterocycles. The molecule has 0 atom stereocenters. The lowest BCUT2D eigenvalue weighted by atomic mass is 10.2. The molecule has 8 nitrogen and oxygen atoms in total. The van der Waals surface area contributed by atoms with Crippen molar-refractivity contribution >= 4 is 33.0 Å². The highest BCUT2D eigenvalue weighted by molar-refractivity contribution is 7.89. The third kappa shape index (κ3) is 3.85. The summed E-state index contributed by atoms with van der Waals surface area (Å²) < 4.78 is 32.4. The van der Waals surface area contributed by atoms with Crippen LogP contribution in [0.15, 0.2) is 47.4 Å². The maximum atomic E-state index is 13.0. The molecule has 2 aromatic carbocycles. The Balaban J connectivity index is 1.81. The van der Waals surface area contributed by atoms with Gasteiger partial charge in [-0.1, -0.05) is 23.7 Å². The summed E-state index contributed by atoms with van der Waals surface area (Å²) in [5.74, 6) is -0.0438. The summed E-state index contributed by atoms with van der Waals surface area (Å²) in [6, 6.07) is 10.9. The van der Waals surface area contributed by atoms with Crippen LogP contribution < -0.4 is 9.64 Å². The number of nitrogens with zero attached hydrogens (tertiary/aromatic N) is 3. The van der Waals surface area contributed by atoms with E-state index in [0.29, 0.717) is 18.1 Å². The van der Waals surface area contributed by atoms with Gasteiger partial charge in [-0.15, -0.1) is 0 Å². The molecule has 0 aliphatic carbocycles. The summed E-state index contributed by atoms with van der Waals surface area (Å²) in [4.78, 5) is 12.3. The molecule has 2 aromatic rings. The van der Waals surface area contributed by atoms with Crippen molar-refractivity contribution < 1.29 is 18.1 Å². The summed E-state index contributed by atoms with van der Waals surface area (Å²) in [5, 5.41) is 11.5. The third-order valence-corrected chi connectivity index (χ3v) is 6.67. The van der Waals surface area contributed by atoms with Gasteiger partial charge in [-0.05, 0) is 18.2 Å². The molecule has 0 bridgehead atoms. The number of hydrogen-bond acceptors (Lipinski definition) is 6. The topological polar surface area (TPSA) is 93.0 Å². The van der Waals surface area contributed by atoms with Crippen LogP contribution in [0, 0.1) is 10.1 Å². The average Bonchev–Trinajstić information content (AvgIpc) is 2.68. The lowest BCUT2D eigenvalue weighted by Crippen LogP contribution is -2.48. The Hall–Kier alpha value is -2.36. The van der Waals surface area contributed by atoms with Gasteiger partial charge in [-0.25, -0.2) is 8.42 Å². The first-order valence-corrected chi connectivity index (χ1v) is 9.98. The Morgan fingerprint density at radius 2 is 1.78 bits per heavy atom. The Morgan fingerprint density at radius 3 is 2.37 bits per heavy atom. The first kappa shape index (κ1) is 19.4. The first-order chi connectivity index (χ1) is 12.8. The highest BCUT2D eigenvalue weighted by Crippen LogP contribution is 2.32. The number of para-hydroxylation sites is 1. The Morgan fingerprint density at radius 1 is 1.11 bits per heavy atom. The molecule has 0 unspecified atom stereocenters. The van der Waals surface area contributed by atoms with Gasteiger partial charge in [-0.2, -0.15) is 4.31 Å². The van der Waals surface area contributed by atoms with Crippen molar-refractivity contribution in [3.63, 3.8) is 0 Å². The number of methoxy groups -OCH3 is 1. The van der Waals surface area contributed by atoms with Gasteiger partial charge in [0.25, 0.3) is 5.69 Å². The van der Waals surface area contributed by atoms with Crippen LogP contribution in [0.2, 0.25) is 5.02 Å². The van der Waals surface area contributed by atoms with E-state index in [-0.39, 0.29) is 29.4 Å². The van der Waals surface area contributed by atoms with Crippen molar-refractivity contribution in [1.29, 1.82) is 0 Å². The molecule has 1 aliphatic rings. The fourth-order valence-corrected chi connectivity index (χ4v) is 4.81. The van der Waals surface area contributed by atoms with Crippen LogP contribution in [-0.2, 0) is 10.0 Å². The Bertz CT molecular complexity index is 959. The fourth-order valence-electron chi connectivity index (χ4n) is 3.00. The van der Waals surface area contributed by atoms with E-state index in [1.54, 1.807) is 6.07 Å². The molecule has 27 heavy (non-hydrogen) atoms. The maximum Gasteiger partial charge on any atom is 0.273 e. The number of rotatable bonds is 5. The molecule has 0 N–H and O–H groups in total. The van der Waals surface area contributed by atoms with Crippen LogP contribution in [0.5, 0.6) is 5.75 Å². The van der Waals surface area contributed by atoms with Gasteiger partial charge in [0.05, 0.1) is 28.8 Å². The molecule has 1 heterocycles. The van der Waals surface area contributed by atoms with Crippen LogP contribution in [-0.4, -0.2) is 50.9 Å². The van der Waals surface area contributed by atoms with Gasteiger partial charge >= 0.3 is 0 Å². The summed E-state index contributed by atoms with van der Waals surface area (Å²) in [6.07, 6.45) is 0. The number of benzene rings is 2. The average molecular weight is 412 g/mol. The fraction of sp³-hybridized carbons (Fsp3) is 0.294. The van der Waals surface area contributed by atoms with Crippen molar-refractivity contribution in [3.8, 4) is 5.75 Å². The third-order valence-electron chi connectivity index (χ3n) is 4.41. The highest BCUT2D eigenvalue weighted by atomic mass is 35.5. The minimum atomic E-state index is -3.84. The van der Waals surface area contributed by atoms with Crippen molar-refractivity contribution in [2.45, 2.75) is 4.90 Å². The number of nitro groups is 1. The zero-order chi connectivity index (χ0) is 19.6. The van der Waals surface area contributed by atoms with Crippen molar-refractivity contribution in [2.75, 3.05) is 38.2 Å². The van der Waals surface area contributed by atoms with Gasteiger partial charge in [0.15, 0.2) is 0 Å². The van der Waals surface area contributed by atoms with Crippen LogP contribution in [0.4, 0.5) is 11.4 Å². The number of hydrogen-bond donors (Lipinski definition) is 0. The molecule has 0 aromatic heterocycles. The van der Waals surface area contributed by atoms with Gasteiger partial charge in [0.1, 0.15) is 10.6 Å². The standard InChI is InChI=1S/C17H18ClN3O5S/c1-26-16-12-13(21(22)23)6-7-17(16)27(24,25)20-10-8-19(9-11-20)15-5-3-2-4-14(15)18/h2-7,12H,8-11H2,1H3. The molecule has 0 amide bonds. The predicted octanol–water partition coefficient (Wildman–Crippen LogP) is 2.77. The van der Waals surface area contributed by atoms with E-state index < -0.39 is 14.9 Å². The van der Waals surface area contributed by atoms with E-state index in [2.05, 4.69) is 0 Å². The van der Waals surface area contributed by atoms with Crippen LogP contribution in [0.3, 0.4) is 0 Å². The lowest BCUT2D eigenvalue weighted by molar-refractivity contribution is -0.385. The maximum absolute atomic E-state index is 13.0. The molecule has 3 rings (SSSR count). The Kier molecular flexibility index (Phi) is 5.54. The Labute approximate surface area is 162 Å². The molecule has 0 spiro atoms. The van der Waals surface area contributed by atoms with E-state index in [0.717, 1.165) is 17.8 Å². The summed E-state index contributed by atoms with van der Waals surface area (Å²) in [6.45, 7) is 1.51. The summed E-state index contributed by atoms with van der Waals surface area (Å²) >= 11 is 6.21. The minimum absolute atomic E-state index is 0.0438. The molecule has 0 saturated carbocycles. The minimum Gasteiger partial charge on any atom is -0.495 e. The first-order valence-electron chi connectivity index (χ1n) is 8.16. The van der Waals surface area contributed by atoms with E-state index in [4.69, 9.17) is 16.3 Å². The number of nitro benzene ring substituents is 1. The van der Waals surface area contributed by atoms with Crippen molar-refractivity contribution in [3.05, 3.63) is 57.6 Å². The second-order valence-electron chi connectivity index (χ2n) is 5.93. The van der Waals surface area contributed by atoms with Gasteiger partial charge in [0.2, 0.25) is 10.0 Å². The molecular weight excluding hydrogens is 394 g/mol. The molecule has 144 valence electrons. The zero-order valence-electron chi connectivity index (χ0n) is 14.5. The molecule has 1 fully saturated rings. The molecule has 10 heteroatoms. The highest BCUT2D eigenvalue weighted by Gasteiger charge is 2.32. The van der Waals surface area contributed by atoms with Crippen molar-refractivity contribution in [1.82, 2.24) is 4.31 Å². The van der Waals surface area contributed by atoms with Gasteiger partial charge in [-0.3, -0.25) is 10.1 Å². The number of anilines is 1. The largest absolute Gasteiger partial charge is 0.495 e. The quantitative estimate of drug-likeness (QED) is 0.554. The van der Waals surface area contributed by atoms with E-state index in [9.17, 15) is 18.5 Å². The second-order valence-corrected chi connectivity index (χ2v) is 8.25. The number of non-ortho nitro benzene ring substituents is 1. The SMILES string of the molecule is COc1cc([N+](=O)[O-])ccc1S(=O)(=O)N1CCN(c2ccccc2Cl)CC1. The van der Waals surface area contributed by atoms with Crippen LogP contribution >= 0.6 is 11.6 Å². The second kappa shape index (κ2) is 7.71.